The number of hydrogen-bond acceptors (Lipinski definition) is 5. The molecule has 1 spiro atoms. The number of nitrogens with one attached hydrogen (secondary N) is 1. The monoisotopic (exact) mass is 338 g/mol. The normalized spacial score (nSPS) is 25.4. The summed E-state index contributed by atoms with van der Waals surface area (Å²) in [4.78, 5) is 41.0. The van der Waals surface area contributed by atoms with Gasteiger partial charge in [0.1, 0.15) is 5.54 Å². The van der Waals surface area contributed by atoms with E-state index in [1.54, 1.807) is 11.8 Å². The van der Waals surface area contributed by atoms with E-state index < -0.39 is 11.6 Å². The van der Waals surface area contributed by atoms with Crippen LogP contribution in [0.5, 0.6) is 0 Å². The molecule has 3 fully saturated rings. The lowest BCUT2D eigenvalue weighted by atomic mass is 9.98. The van der Waals surface area contributed by atoms with Gasteiger partial charge in [-0.1, -0.05) is 12.8 Å². The number of rotatable bonds is 4. The number of carbonyl (C=O) groups is 3. The number of β-amino-alcohol motifs (C(OH)–C–C–N with tert-alkyl or cyclic N) is 1. The number of nitrogens with zero attached hydrogens (tertiary/aromatic N) is 3. The van der Waals surface area contributed by atoms with Crippen molar-refractivity contribution in [1.29, 1.82) is 0 Å². The maximum atomic E-state index is 12.6. The molecule has 134 valence electrons. The third kappa shape index (κ3) is 3.25. The van der Waals surface area contributed by atoms with Crippen molar-refractivity contribution < 1.29 is 19.5 Å². The molecule has 0 bridgehead atoms. The highest BCUT2D eigenvalue weighted by Crippen LogP contribution is 2.35. The number of imide groups is 1. The summed E-state index contributed by atoms with van der Waals surface area (Å²) in [7, 11) is 0. The summed E-state index contributed by atoms with van der Waals surface area (Å²) in [5, 5.41) is 13.1. The number of aliphatic hydroxyl groups is 1. The molecule has 0 aromatic carbocycles. The number of carbonyl (C=O) groups excluding carboxylic acids is 3. The standard InChI is InChI=1S/C16H26N4O4/c1-12(21)19-8-6-18(7-9-19)10-13(22)11-20-14(23)16(17-15(20)24)4-2-3-5-16/h13,22H,2-11H2,1H3,(H,17,24)/t13-/m0/s1. The van der Waals surface area contributed by atoms with Gasteiger partial charge in [-0.05, 0) is 12.8 Å². The van der Waals surface area contributed by atoms with Gasteiger partial charge in [-0.15, -0.1) is 0 Å². The fourth-order valence-electron chi connectivity index (χ4n) is 3.97. The van der Waals surface area contributed by atoms with Crippen LogP contribution in [-0.2, 0) is 9.59 Å². The number of urea groups is 1. The largest absolute Gasteiger partial charge is 0.390 e. The van der Waals surface area contributed by atoms with Gasteiger partial charge < -0.3 is 15.3 Å². The van der Waals surface area contributed by atoms with Crippen molar-refractivity contribution in [2.45, 2.75) is 44.2 Å². The van der Waals surface area contributed by atoms with E-state index in [2.05, 4.69) is 10.2 Å². The molecule has 24 heavy (non-hydrogen) atoms. The zero-order valence-corrected chi connectivity index (χ0v) is 14.2. The predicted octanol–water partition coefficient (Wildman–Crippen LogP) is -0.624. The van der Waals surface area contributed by atoms with Crippen LogP contribution in [0.15, 0.2) is 0 Å². The molecular weight excluding hydrogens is 312 g/mol. The summed E-state index contributed by atoms with van der Waals surface area (Å²) >= 11 is 0. The van der Waals surface area contributed by atoms with Crippen LogP contribution in [0.4, 0.5) is 4.79 Å². The van der Waals surface area contributed by atoms with E-state index >= 15 is 0 Å². The summed E-state index contributed by atoms with van der Waals surface area (Å²) in [6, 6.07) is -0.387. The lowest BCUT2D eigenvalue weighted by molar-refractivity contribution is -0.133. The van der Waals surface area contributed by atoms with E-state index in [0.29, 0.717) is 45.6 Å². The third-order valence-electron chi connectivity index (χ3n) is 5.38. The number of hydrogen-bond donors (Lipinski definition) is 2. The zero-order valence-electron chi connectivity index (χ0n) is 14.2. The van der Waals surface area contributed by atoms with E-state index in [1.807, 2.05) is 0 Å². The summed E-state index contributed by atoms with van der Waals surface area (Å²) in [6.45, 7) is 4.67. The quantitative estimate of drug-likeness (QED) is 0.666. The van der Waals surface area contributed by atoms with Crippen LogP contribution >= 0.6 is 0 Å². The average molecular weight is 338 g/mol. The highest BCUT2D eigenvalue weighted by molar-refractivity contribution is 6.07. The van der Waals surface area contributed by atoms with Crippen molar-refractivity contribution in [3.05, 3.63) is 0 Å². The van der Waals surface area contributed by atoms with E-state index in [1.165, 1.54) is 4.90 Å². The Morgan fingerprint density at radius 3 is 2.38 bits per heavy atom. The molecule has 2 heterocycles. The molecule has 0 aromatic rings. The van der Waals surface area contributed by atoms with Gasteiger partial charge in [-0.25, -0.2) is 4.79 Å². The van der Waals surface area contributed by atoms with Crippen LogP contribution in [0, 0.1) is 0 Å². The molecule has 8 heteroatoms. The van der Waals surface area contributed by atoms with Crippen LogP contribution in [0.1, 0.15) is 32.6 Å². The van der Waals surface area contributed by atoms with Gasteiger partial charge in [0.15, 0.2) is 0 Å². The average Bonchev–Trinajstić information content (AvgIpc) is 3.09. The molecule has 2 N–H and O–H groups in total. The second-order valence-corrected chi connectivity index (χ2v) is 7.10. The van der Waals surface area contributed by atoms with Gasteiger partial charge >= 0.3 is 6.03 Å². The van der Waals surface area contributed by atoms with Crippen LogP contribution in [0.25, 0.3) is 0 Å². The lowest BCUT2D eigenvalue weighted by Gasteiger charge is -2.35. The Bertz CT molecular complexity index is 524. The Morgan fingerprint density at radius 2 is 1.79 bits per heavy atom. The maximum Gasteiger partial charge on any atom is 0.325 e. The molecule has 1 saturated carbocycles. The predicted molar refractivity (Wildman–Crippen MR) is 86.1 cm³/mol. The highest BCUT2D eigenvalue weighted by Gasteiger charge is 2.52. The number of aliphatic hydroxyl groups excluding tert-OH is 1. The van der Waals surface area contributed by atoms with Crippen molar-refractivity contribution in [1.82, 2.24) is 20.0 Å². The summed E-state index contributed by atoms with van der Waals surface area (Å²) in [5.41, 5.74) is -0.718. The van der Waals surface area contributed by atoms with Crippen LogP contribution < -0.4 is 5.32 Å². The Labute approximate surface area is 141 Å². The first-order valence-electron chi connectivity index (χ1n) is 8.71. The molecular formula is C16H26N4O4. The first-order valence-corrected chi connectivity index (χ1v) is 8.71. The molecule has 8 nitrogen and oxygen atoms in total. The van der Waals surface area contributed by atoms with E-state index in [9.17, 15) is 19.5 Å². The van der Waals surface area contributed by atoms with E-state index in [-0.39, 0.29) is 24.4 Å². The van der Waals surface area contributed by atoms with Gasteiger partial charge in [-0.2, -0.15) is 0 Å². The number of piperazine rings is 1. The summed E-state index contributed by atoms with van der Waals surface area (Å²) < 4.78 is 0. The molecule has 0 unspecified atom stereocenters. The molecule has 3 aliphatic rings. The maximum absolute atomic E-state index is 12.6. The molecule has 4 amide bonds. The Morgan fingerprint density at radius 1 is 1.17 bits per heavy atom. The van der Waals surface area contributed by atoms with Crippen molar-refractivity contribution in [2.24, 2.45) is 0 Å². The van der Waals surface area contributed by atoms with Crippen LogP contribution in [0.2, 0.25) is 0 Å². The highest BCUT2D eigenvalue weighted by atomic mass is 16.3. The second-order valence-electron chi connectivity index (χ2n) is 7.10. The molecule has 1 atom stereocenters. The molecule has 1 aliphatic carbocycles. The van der Waals surface area contributed by atoms with Crippen molar-refractivity contribution >= 4 is 17.8 Å². The summed E-state index contributed by atoms with van der Waals surface area (Å²) in [5.74, 6) is -0.123. The fraction of sp³-hybridized carbons (Fsp3) is 0.812. The Kier molecular flexibility index (Phi) is 4.78. The van der Waals surface area contributed by atoms with Crippen LogP contribution in [0.3, 0.4) is 0 Å². The first-order chi connectivity index (χ1) is 11.4. The number of amides is 4. The zero-order chi connectivity index (χ0) is 17.3. The van der Waals surface area contributed by atoms with E-state index in [4.69, 9.17) is 0 Å². The first kappa shape index (κ1) is 17.2. The van der Waals surface area contributed by atoms with Crippen LogP contribution in [-0.4, -0.2) is 88.6 Å². The minimum absolute atomic E-state index is 0.0271. The van der Waals surface area contributed by atoms with Gasteiger partial charge in [0.05, 0.1) is 12.6 Å². The third-order valence-corrected chi connectivity index (χ3v) is 5.38. The smallest absolute Gasteiger partial charge is 0.325 e. The Balaban J connectivity index is 1.50. The van der Waals surface area contributed by atoms with Gasteiger partial charge in [0.2, 0.25) is 5.91 Å². The second kappa shape index (κ2) is 6.68. The molecule has 0 radical (unpaired) electrons. The Hall–Kier alpha value is -1.67. The molecule has 3 rings (SSSR count). The molecule has 2 saturated heterocycles. The summed E-state index contributed by atoms with van der Waals surface area (Å²) in [6.07, 6.45) is 2.50. The molecule has 0 aromatic heterocycles. The lowest BCUT2D eigenvalue weighted by Crippen LogP contribution is -2.51. The topological polar surface area (TPSA) is 93.2 Å². The minimum Gasteiger partial charge on any atom is -0.390 e. The van der Waals surface area contributed by atoms with Gasteiger partial charge in [0, 0.05) is 39.6 Å². The SMILES string of the molecule is CC(=O)N1CCN(C[C@H](O)CN2C(=O)NC3(CCCC3)C2=O)CC1. The van der Waals surface area contributed by atoms with Crippen molar-refractivity contribution in [3.8, 4) is 0 Å². The molecule has 2 aliphatic heterocycles. The van der Waals surface area contributed by atoms with Crippen molar-refractivity contribution in [2.75, 3.05) is 39.3 Å². The van der Waals surface area contributed by atoms with Gasteiger partial charge in [0.25, 0.3) is 5.91 Å². The fourth-order valence-corrected chi connectivity index (χ4v) is 3.97. The minimum atomic E-state index is -0.778. The van der Waals surface area contributed by atoms with E-state index in [0.717, 1.165) is 12.8 Å². The van der Waals surface area contributed by atoms with Crippen molar-refractivity contribution in [3.63, 3.8) is 0 Å². The van der Waals surface area contributed by atoms with Gasteiger partial charge in [-0.3, -0.25) is 19.4 Å².